The lowest BCUT2D eigenvalue weighted by molar-refractivity contribution is -0.384. The average Bonchev–Trinajstić information content (AvgIpc) is 2.27. The van der Waals surface area contributed by atoms with E-state index < -0.39 is 20.6 Å². The molecule has 18 heavy (non-hydrogen) atoms. The third-order valence-electron chi connectivity index (χ3n) is 2.16. The van der Waals surface area contributed by atoms with Crippen molar-refractivity contribution in [2.45, 2.75) is 16.3 Å². The van der Waals surface area contributed by atoms with Gasteiger partial charge in [-0.2, -0.15) is 0 Å². The van der Waals surface area contributed by atoms with Crippen LogP contribution in [0.25, 0.3) is 0 Å². The van der Waals surface area contributed by atoms with Crippen LogP contribution in [0.3, 0.4) is 0 Å². The minimum absolute atomic E-state index is 0.131. The van der Waals surface area contributed by atoms with Crippen molar-refractivity contribution < 1.29 is 14.8 Å². The summed E-state index contributed by atoms with van der Waals surface area (Å²) in [5.74, 6) is -0.469. The third kappa shape index (κ3) is 4.10. The van der Waals surface area contributed by atoms with Gasteiger partial charge in [0.25, 0.3) is 5.69 Å². The lowest BCUT2D eigenvalue weighted by Gasteiger charge is -2.17. The van der Waals surface area contributed by atoms with E-state index in [0.29, 0.717) is 0 Å². The fourth-order valence-electron chi connectivity index (χ4n) is 1.18. The number of aliphatic hydroxyl groups excluding tert-OH is 1. The van der Waals surface area contributed by atoms with Crippen molar-refractivity contribution >= 4 is 46.3 Å². The van der Waals surface area contributed by atoms with Crippen molar-refractivity contribution in [1.82, 2.24) is 0 Å². The molecule has 1 aromatic rings. The van der Waals surface area contributed by atoms with E-state index >= 15 is 0 Å². The molecule has 1 N–H and O–H groups in total. The van der Waals surface area contributed by atoms with Crippen LogP contribution in [0.2, 0.25) is 0 Å². The maximum atomic E-state index is 11.7. The van der Waals surface area contributed by atoms with Crippen LogP contribution < -0.4 is 0 Å². The standard InChI is InChI=1S/C10H8Cl3NO4/c11-10(12,13)9(16)5-8(15)6-1-3-7(4-2-6)14(17)18/h1-4,9,16H,5H2/t9-/m0/s1. The Morgan fingerprint density at radius 2 is 1.83 bits per heavy atom. The molecule has 5 nitrogen and oxygen atoms in total. The first-order chi connectivity index (χ1) is 8.21. The van der Waals surface area contributed by atoms with Crippen LogP contribution in [0, 0.1) is 10.1 Å². The van der Waals surface area contributed by atoms with Gasteiger partial charge in [-0.15, -0.1) is 0 Å². The molecule has 0 saturated carbocycles. The molecular weight excluding hydrogens is 304 g/mol. The van der Waals surface area contributed by atoms with Gasteiger partial charge in [0, 0.05) is 24.1 Å². The summed E-state index contributed by atoms with van der Waals surface area (Å²) >= 11 is 16.3. The molecule has 0 saturated heterocycles. The zero-order chi connectivity index (χ0) is 13.9. The van der Waals surface area contributed by atoms with Crippen LogP contribution in [0.5, 0.6) is 0 Å². The summed E-state index contributed by atoms with van der Waals surface area (Å²) in [5, 5.41) is 19.9. The number of ketones is 1. The molecule has 1 rings (SSSR count). The molecule has 0 aliphatic carbocycles. The maximum absolute atomic E-state index is 11.7. The third-order valence-corrected chi connectivity index (χ3v) is 2.91. The highest BCUT2D eigenvalue weighted by molar-refractivity contribution is 6.68. The first kappa shape index (κ1) is 15.2. The number of benzene rings is 1. The Hall–Kier alpha value is -0.880. The van der Waals surface area contributed by atoms with E-state index in [1.807, 2.05) is 0 Å². The first-order valence-corrected chi connectivity index (χ1v) is 5.87. The Labute approximate surface area is 117 Å². The summed E-state index contributed by atoms with van der Waals surface area (Å²) < 4.78 is -1.95. The SMILES string of the molecule is O=C(C[C@H](O)C(Cl)(Cl)Cl)c1ccc([N+](=O)[O-])cc1. The van der Waals surface area contributed by atoms with E-state index in [9.17, 15) is 20.0 Å². The van der Waals surface area contributed by atoms with Crippen LogP contribution in [0.4, 0.5) is 5.69 Å². The van der Waals surface area contributed by atoms with Gasteiger partial charge in [0.2, 0.25) is 3.79 Å². The minimum Gasteiger partial charge on any atom is -0.388 e. The van der Waals surface area contributed by atoms with Crippen LogP contribution in [-0.2, 0) is 0 Å². The number of rotatable bonds is 4. The quantitative estimate of drug-likeness (QED) is 0.401. The highest BCUT2D eigenvalue weighted by Gasteiger charge is 2.32. The highest BCUT2D eigenvalue weighted by Crippen LogP contribution is 2.32. The molecule has 8 heteroatoms. The van der Waals surface area contributed by atoms with Crippen molar-refractivity contribution in [2.75, 3.05) is 0 Å². The van der Waals surface area contributed by atoms with Gasteiger partial charge in [0.15, 0.2) is 5.78 Å². The lowest BCUT2D eigenvalue weighted by Crippen LogP contribution is -2.28. The molecule has 0 bridgehead atoms. The highest BCUT2D eigenvalue weighted by atomic mass is 35.6. The van der Waals surface area contributed by atoms with Crippen LogP contribution in [-0.4, -0.2) is 25.7 Å². The van der Waals surface area contributed by atoms with Gasteiger partial charge >= 0.3 is 0 Å². The lowest BCUT2D eigenvalue weighted by atomic mass is 10.1. The number of halogens is 3. The molecule has 0 aromatic heterocycles. The minimum atomic E-state index is -1.95. The number of hydrogen-bond acceptors (Lipinski definition) is 4. The molecule has 0 aliphatic rings. The van der Waals surface area contributed by atoms with Crippen LogP contribution in [0.15, 0.2) is 24.3 Å². The van der Waals surface area contributed by atoms with Gasteiger partial charge in [-0.05, 0) is 12.1 Å². The number of nitro groups is 1. The van der Waals surface area contributed by atoms with E-state index in [1.165, 1.54) is 24.3 Å². The van der Waals surface area contributed by atoms with Crippen molar-refractivity contribution in [1.29, 1.82) is 0 Å². The van der Waals surface area contributed by atoms with Crippen molar-refractivity contribution in [3.63, 3.8) is 0 Å². The summed E-state index contributed by atoms with van der Waals surface area (Å²) in [5.41, 5.74) is 0.0716. The molecule has 0 radical (unpaired) electrons. The van der Waals surface area contributed by atoms with Crippen molar-refractivity contribution in [2.24, 2.45) is 0 Å². The number of non-ortho nitro benzene ring substituents is 1. The number of aliphatic hydroxyl groups is 1. The zero-order valence-corrected chi connectivity index (χ0v) is 11.1. The smallest absolute Gasteiger partial charge is 0.269 e. The predicted octanol–water partition coefficient (Wildman–Crippen LogP) is 2.90. The largest absolute Gasteiger partial charge is 0.388 e. The van der Waals surface area contributed by atoms with Gasteiger partial charge in [-0.1, -0.05) is 34.8 Å². The fraction of sp³-hybridized carbons (Fsp3) is 0.300. The molecule has 0 fully saturated rings. The summed E-state index contributed by atoms with van der Waals surface area (Å²) in [6, 6.07) is 4.95. The van der Waals surface area contributed by atoms with Crippen molar-refractivity contribution in [3.8, 4) is 0 Å². The van der Waals surface area contributed by atoms with E-state index in [2.05, 4.69) is 0 Å². The molecule has 1 aromatic carbocycles. The molecule has 0 spiro atoms. The van der Waals surface area contributed by atoms with E-state index in [0.717, 1.165) is 0 Å². The number of carbonyl (C=O) groups is 1. The molecule has 0 aliphatic heterocycles. The summed E-state index contributed by atoms with van der Waals surface area (Å²) in [7, 11) is 0. The summed E-state index contributed by atoms with van der Waals surface area (Å²) in [6.07, 6.45) is -1.82. The molecule has 1 atom stereocenters. The Morgan fingerprint density at radius 1 is 1.33 bits per heavy atom. The van der Waals surface area contributed by atoms with E-state index in [-0.39, 0.29) is 17.7 Å². The normalized spacial score (nSPS) is 13.1. The number of Topliss-reactive ketones (excluding diaryl/α,β-unsaturated/α-hetero) is 1. The van der Waals surface area contributed by atoms with Crippen LogP contribution in [0.1, 0.15) is 16.8 Å². The zero-order valence-electron chi connectivity index (χ0n) is 8.85. The van der Waals surface area contributed by atoms with Gasteiger partial charge in [0.1, 0.15) is 6.10 Å². The summed E-state index contributed by atoms with van der Waals surface area (Å²) in [4.78, 5) is 21.5. The number of nitro benzene ring substituents is 1. The van der Waals surface area contributed by atoms with E-state index in [4.69, 9.17) is 34.8 Å². The predicted molar refractivity (Wildman–Crippen MR) is 68.3 cm³/mol. The Balaban J connectivity index is 2.76. The average molecular weight is 313 g/mol. The second-order valence-electron chi connectivity index (χ2n) is 3.49. The van der Waals surface area contributed by atoms with Gasteiger partial charge in [-0.25, -0.2) is 0 Å². The number of alkyl halides is 3. The second kappa shape index (κ2) is 5.84. The Bertz CT molecular complexity index is 455. The molecule has 0 amide bonds. The number of nitrogens with zero attached hydrogens (tertiary/aromatic N) is 1. The molecular formula is C10H8Cl3NO4. The number of carbonyl (C=O) groups excluding carboxylic acids is 1. The Kier molecular flexibility index (Phi) is 4.92. The second-order valence-corrected chi connectivity index (χ2v) is 5.86. The van der Waals surface area contributed by atoms with Gasteiger partial charge < -0.3 is 5.11 Å². The van der Waals surface area contributed by atoms with Gasteiger partial charge in [-0.3, -0.25) is 14.9 Å². The monoisotopic (exact) mass is 311 g/mol. The first-order valence-electron chi connectivity index (χ1n) is 4.74. The number of hydrogen-bond donors (Lipinski definition) is 1. The molecule has 98 valence electrons. The van der Waals surface area contributed by atoms with E-state index in [1.54, 1.807) is 0 Å². The molecule has 0 heterocycles. The van der Waals surface area contributed by atoms with Crippen LogP contribution >= 0.6 is 34.8 Å². The topological polar surface area (TPSA) is 80.4 Å². The van der Waals surface area contributed by atoms with Crippen molar-refractivity contribution in [3.05, 3.63) is 39.9 Å². The summed E-state index contributed by atoms with van der Waals surface area (Å²) in [6.45, 7) is 0. The van der Waals surface area contributed by atoms with Gasteiger partial charge in [0.05, 0.1) is 4.92 Å². The Morgan fingerprint density at radius 3 is 2.22 bits per heavy atom. The fourth-order valence-corrected chi connectivity index (χ4v) is 1.41. The maximum Gasteiger partial charge on any atom is 0.269 e. The molecule has 0 unspecified atom stereocenters.